The molecule has 0 amide bonds. The summed E-state index contributed by atoms with van der Waals surface area (Å²) in [7, 11) is 0. The zero-order valence-corrected chi connectivity index (χ0v) is 12.1. The van der Waals surface area contributed by atoms with Crippen LogP contribution >= 0.6 is 0 Å². The summed E-state index contributed by atoms with van der Waals surface area (Å²) in [6, 6.07) is 19.0. The van der Waals surface area contributed by atoms with E-state index < -0.39 is 0 Å². The maximum atomic E-state index is 9.46. The van der Waals surface area contributed by atoms with E-state index in [1.165, 1.54) is 0 Å². The molecule has 22 heavy (non-hydrogen) atoms. The first-order chi connectivity index (χ1) is 10.8. The van der Waals surface area contributed by atoms with Gasteiger partial charge in [0.1, 0.15) is 0 Å². The lowest BCUT2D eigenvalue weighted by molar-refractivity contribution is 0.319. The first kappa shape index (κ1) is 15.6. The Morgan fingerprint density at radius 3 is 1.32 bits per heavy atom. The van der Waals surface area contributed by atoms with Crippen LogP contribution in [-0.4, -0.2) is 23.4 Å². The topological polar surface area (TPSA) is 40.5 Å². The van der Waals surface area contributed by atoms with E-state index in [0.29, 0.717) is 11.1 Å². The van der Waals surface area contributed by atoms with Crippen LogP contribution in [0.3, 0.4) is 0 Å². The van der Waals surface area contributed by atoms with Gasteiger partial charge in [0.15, 0.2) is 0 Å². The Morgan fingerprint density at radius 1 is 0.636 bits per heavy atom. The van der Waals surface area contributed by atoms with Gasteiger partial charge in [-0.05, 0) is 24.3 Å². The van der Waals surface area contributed by atoms with Crippen LogP contribution in [0.15, 0.2) is 71.8 Å². The summed E-state index contributed by atoms with van der Waals surface area (Å²) in [5.41, 5.74) is 2.58. The smallest absolute Gasteiger partial charge is 0.0770 e. The minimum Gasteiger partial charge on any atom is -0.391 e. The van der Waals surface area contributed by atoms with Gasteiger partial charge in [-0.1, -0.05) is 60.1 Å². The largest absolute Gasteiger partial charge is 0.391 e. The molecule has 0 spiro atoms. The second-order valence-electron chi connectivity index (χ2n) is 4.51. The Balaban J connectivity index is 2.30. The predicted molar refractivity (Wildman–Crippen MR) is 87.8 cm³/mol. The fraction of sp³-hybridized carbons (Fsp3) is 0.100. The molecule has 2 nitrogen and oxygen atoms in total. The summed E-state index contributed by atoms with van der Waals surface area (Å²) < 4.78 is 0. The normalized spacial score (nSPS) is 10.6. The highest BCUT2D eigenvalue weighted by atomic mass is 16.3. The van der Waals surface area contributed by atoms with Crippen molar-refractivity contribution in [2.75, 3.05) is 13.2 Å². The first-order valence-corrected chi connectivity index (χ1v) is 6.91. The van der Waals surface area contributed by atoms with E-state index in [1.807, 2.05) is 60.7 Å². The summed E-state index contributed by atoms with van der Waals surface area (Å²) >= 11 is 0. The third kappa shape index (κ3) is 4.65. The molecule has 0 aliphatic heterocycles. The molecule has 0 saturated heterocycles. The number of aliphatic hydroxyl groups excluding tert-OH is 2. The molecule has 108 valence electrons. The van der Waals surface area contributed by atoms with Crippen molar-refractivity contribution in [2.45, 2.75) is 0 Å². The van der Waals surface area contributed by atoms with Gasteiger partial charge in [0.2, 0.25) is 0 Å². The quantitative estimate of drug-likeness (QED) is 0.833. The third-order valence-electron chi connectivity index (χ3n) is 2.94. The number of aliphatic hydroxyl groups is 2. The van der Waals surface area contributed by atoms with Crippen molar-refractivity contribution in [3.8, 4) is 23.7 Å². The molecule has 0 atom stereocenters. The van der Waals surface area contributed by atoms with Crippen molar-refractivity contribution >= 4 is 0 Å². The maximum absolute atomic E-state index is 9.46. The van der Waals surface area contributed by atoms with Gasteiger partial charge in [-0.25, -0.2) is 0 Å². The van der Waals surface area contributed by atoms with Crippen LogP contribution in [0, 0.1) is 23.7 Å². The van der Waals surface area contributed by atoms with Crippen LogP contribution < -0.4 is 0 Å². The minimum atomic E-state index is -0.251. The highest BCUT2D eigenvalue weighted by Gasteiger charge is 2.00. The van der Waals surface area contributed by atoms with Crippen molar-refractivity contribution in [1.82, 2.24) is 0 Å². The molecule has 0 aliphatic rings. The second-order valence-corrected chi connectivity index (χ2v) is 4.51. The lowest BCUT2D eigenvalue weighted by Gasteiger charge is -1.99. The van der Waals surface area contributed by atoms with Gasteiger partial charge in [0.25, 0.3) is 0 Å². The Kier molecular flexibility index (Phi) is 6.03. The van der Waals surface area contributed by atoms with Gasteiger partial charge < -0.3 is 10.2 Å². The zero-order chi connectivity index (χ0) is 15.6. The van der Waals surface area contributed by atoms with E-state index in [1.54, 1.807) is 0 Å². The zero-order valence-electron chi connectivity index (χ0n) is 12.1. The van der Waals surface area contributed by atoms with Crippen molar-refractivity contribution < 1.29 is 10.2 Å². The van der Waals surface area contributed by atoms with E-state index in [0.717, 1.165) is 11.1 Å². The van der Waals surface area contributed by atoms with Crippen LogP contribution in [0.1, 0.15) is 11.1 Å². The van der Waals surface area contributed by atoms with Crippen LogP contribution in [-0.2, 0) is 0 Å². The van der Waals surface area contributed by atoms with Gasteiger partial charge in [0, 0.05) is 22.3 Å². The molecule has 0 aromatic heterocycles. The number of benzene rings is 2. The van der Waals surface area contributed by atoms with Crippen LogP contribution in [0.25, 0.3) is 0 Å². The van der Waals surface area contributed by atoms with E-state index in [9.17, 15) is 10.2 Å². The summed E-state index contributed by atoms with van der Waals surface area (Å²) in [4.78, 5) is 0. The SMILES string of the molecule is OC/C(C#Cc1ccccc1)=C(/C#Cc1ccccc1)CO. The average molecular weight is 288 g/mol. The molecule has 2 N–H and O–H groups in total. The summed E-state index contributed by atoms with van der Waals surface area (Å²) in [5, 5.41) is 18.9. The molecule has 0 saturated carbocycles. The molecule has 2 aromatic carbocycles. The lowest BCUT2D eigenvalue weighted by atomic mass is 10.1. The van der Waals surface area contributed by atoms with Gasteiger partial charge in [-0.2, -0.15) is 0 Å². The van der Waals surface area contributed by atoms with Gasteiger partial charge >= 0.3 is 0 Å². The van der Waals surface area contributed by atoms with Crippen molar-refractivity contribution in [3.63, 3.8) is 0 Å². The fourth-order valence-corrected chi connectivity index (χ4v) is 1.76. The molecule has 0 heterocycles. The van der Waals surface area contributed by atoms with Gasteiger partial charge in [-0.15, -0.1) is 0 Å². The van der Waals surface area contributed by atoms with Gasteiger partial charge in [0.05, 0.1) is 13.2 Å². The predicted octanol–water partition coefficient (Wildman–Crippen LogP) is 2.37. The molecule has 2 rings (SSSR count). The molecule has 0 fully saturated rings. The molecule has 0 unspecified atom stereocenters. The van der Waals surface area contributed by atoms with Crippen LogP contribution in [0.2, 0.25) is 0 Å². The maximum Gasteiger partial charge on any atom is 0.0770 e. The first-order valence-electron chi connectivity index (χ1n) is 6.91. The molecule has 0 radical (unpaired) electrons. The lowest BCUT2D eigenvalue weighted by Crippen LogP contribution is -1.98. The fourth-order valence-electron chi connectivity index (χ4n) is 1.76. The Hall–Kier alpha value is -2.78. The van der Waals surface area contributed by atoms with E-state index in [2.05, 4.69) is 23.7 Å². The average Bonchev–Trinajstić information content (AvgIpc) is 2.59. The highest BCUT2D eigenvalue weighted by Crippen LogP contribution is 2.04. The summed E-state index contributed by atoms with van der Waals surface area (Å²) in [5.74, 6) is 11.7. The molecule has 0 bridgehead atoms. The Labute approximate surface area is 130 Å². The van der Waals surface area contributed by atoms with E-state index in [4.69, 9.17) is 0 Å². The number of hydrogen-bond acceptors (Lipinski definition) is 2. The second kappa shape index (κ2) is 8.49. The van der Waals surface area contributed by atoms with Crippen molar-refractivity contribution in [3.05, 3.63) is 82.9 Å². The molecule has 2 aromatic rings. The van der Waals surface area contributed by atoms with Crippen molar-refractivity contribution in [2.24, 2.45) is 0 Å². The van der Waals surface area contributed by atoms with Crippen LogP contribution in [0.5, 0.6) is 0 Å². The molecule has 0 aliphatic carbocycles. The molecular formula is C20H16O2. The highest BCUT2D eigenvalue weighted by molar-refractivity contribution is 5.50. The van der Waals surface area contributed by atoms with Crippen molar-refractivity contribution in [1.29, 1.82) is 0 Å². The number of rotatable bonds is 2. The van der Waals surface area contributed by atoms with Crippen LogP contribution in [0.4, 0.5) is 0 Å². The molecular weight excluding hydrogens is 272 g/mol. The minimum absolute atomic E-state index is 0.251. The standard InChI is InChI=1S/C20H16O2/c21-15-19(13-11-17-7-3-1-4-8-17)20(16-22)14-12-18-9-5-2-6-10-18/h1-10,21-22H,15-16H2/b20-19-. The van der Waals surface area contributed by atoms with E-state index >= 15 is 0 Å². The Bertz CT molecular complexity index is 684. The summed E-state index contributed by atoms with van der Waals surface area (Å²) in [6.45, 7) is -0.502. The summed E-state index contributed by atoms with van der Waals surface area (Å²) in [6.07, 6.45) is 0. The Morgan fingerprint density at radius 2 is 1.00 bits per heavy atom. The molecule has 2 heteroatoms. The van der Waals surface area contributed by atoms with E-state index in [-0.39, 0.29) is 13.2 Å². The number of hydrogen-bond donors (Lipinski definition) is 2. The third-order valence-corrected chi connectivity index (χ3v) is 2.94. The van der Waals surface area contributed by atoms with Gasteiger partial charge in [-0.3, -0.25) is 0 Å². The monoisotopic (exact) mass is 288 g/mol.